The van der Waals surface area contributed by atoms with E-state index in [2.05, 4.69) is 40.7 Å². The van der Waals surface area contributed by atoms with Gasteiger partial charge in [-0.05, 0) is 23.0 Å². The molecule has 82 valence electrons. The standard InChI is InChI=1S/C13H18O2/c1-8(2)11-9(13(3,4)5)6-7-10-12(11)15-14-10/h6-8H,1-5H3. The second-order valence-electron chi connectivity index (χ2n) is 5.43. The third-order valence-electron chi connectivity index (χ3n) is 2.76. The van der Waals surface area contributed by atoms with Crippen molar-refractivity contribution in [3.05, 3.63) is 23.3 Å². The molecule has 0 spiro atoms. The van der Waals surface area contributed by atoms with E-state index in [4.69, 9.17) is 9.15 Å². The van der Waals surface area contributed by atoms with E-state index in [-0.39, 0.29) is 5.41 Å². The van der Waals surface area contributed by atoms with Crippen molar-refractivity contribution in [2.24, 2.45) is 0 Å². The highest BCUT2D eigenvalue weighted by Crippen LogP contribution is 2.37. The summed E-state index contributed by atoms with van der Waals surface area (Å²) >= 11 is 0. The van der Waals surface area contributed by atoms with Crippen LogP contribution in [0.1, 0.15) is 51.7 Å². The molecule has 0 saturated carbocycles. The van der Waals surface area contributed by atoms with Crippen LogP contribution in [-0.2, 0) is 5.41 Å². The molecule has 0 radical (unpaired) electrons. The highest BCUT2D eigenvalue weighted by atomic mass is 17.0. The van der Waals surface area contributed by atoms with Crippen LogP contribution in [0.5, 0.6) is 0 Å². The predicted molar refractivity (Wildman–Crippen MR) is 61.3 cm³/mol. The molecular weight excluding hydrogens is 188 g/mol. The maximum atomic E-state index is 5.10. The fourth-order valence-electron chi connectivity index (χ4n) is 2.01. The second-order valence-corrected chi connectivity index (χ2v) is 5.43. The molecule has 0 atom stereocenters. The summed E-state index contributed by atoms with van der Waals surface area (Å²) in [6.45, 7) is 11.0. The lowest BCUT2D eigenvalue weighted by Crippen LogP contribution is -2.15. The van der Waals surface area contributed by atoms with Crippen LogP contribution in [0, 0.1) is 0 Å². The minimum Gasteiger partial charge on any atom is -0.286 e. The Morgan fingerprint density at radius 3 is 2.13 bits per heavy atom. The van der Waals surface area contributed by atoms with E-state index in [1.807, 2.05) is 6.07 Å². The first-order valence-electron chi connectivity index (χ1n) is 5.43. The summed E-state index contributed by atoms with van der Waals surface area (Å²) in [6.07, 6.45) is 0. The van der Waals surface area contributed by atoms with E-state index < -0.39 is 0 Å². The van der Waals surface area contributed by atoms with Crippen LogP contribution in [0.15, 0.2) is 21.3 Å². The van der Waals surface area contributed by atoms with Crippen molar-refractivity contribution >= 4 is 11.2 Å². The Kier molecular flexibility index (Phi) is 2.18. The molecule has 2 aromatic rings. The lowest BCUT2D eigenvalue weighted by Gasteiger charge is -2.25. The van der Waals surface area contributed by atoms with Crippen LogP contribution in [0.2, 0.25) is 0 Å². The Bertz CT molecular complexity index is 466. The van der Waals surface area contributed by atoms with E-state index in [1.54, 1.807) is 0 Å². The van der Waals surface area contributed by atoms with E-state index in [9.17, 15) is 0 Å². The van der Waals surface area contributed by atoms with E-state index in [1.165, 1.54) is 11.1 Å². The van der Waals surface area contributed by atoms with Gasteiger partial charge >= 0.3 is 0 Å². The summed E-state index contributed by atoms with van der Waals surface area (Å²) in [6, 6.07) is 4.14. The van der Waals surface area contributed by atoms with Gasteiger partial charge in [-0.2, -0.15) is 0 Å². The van der Waals surface area contributed by atoms with Gasteiger partial charge in [-0.25, -0.2) is 0 Å². The lowest BCUT2D eigenvalue weighted by molar-refractivity contribution is 0.0576. The minimum atomic E-state index is 0.146. The Balaban J connectivity index is 2.69. The third kappa shape index (κ3) is 1.58. The Labute approximate surface area is 90.2 Å². The fraction of sp³-hybridized carbons (Fsp3) is 0.538. The molecule has 0 amide bonds. The van der Waals surface area contributed by atoms with Gasteiger partial charge in [0.2, 0.25) is 11.2 Å². The van der Waals surface area contributed by atoms with E-state index in [0.29, 0.717) is 5.92 Å². The van der Waals surface area contributed by atoms with Crippen molar-refractivity contribution in [1.29, 1.82) is 0 Å². The minimum absolute atomic E-state index is 0.146. The molecule has 0 aliphatic heterocycles. The smallest absolute Gasteiger partial charge is 0.229 e. The average molecular weight is 206 g/mol. The fourth-order valence-corrected chi connectivity index (χ4v) is 2.01. The number of benzene rings is 1. The Morgan fingerprint density at radius 2 is 1.73 bits per heavy atom. The monoisotopic (exact) mass is 206 g/mol. The number of hydrogen-bond donors (Lipinski definition) is 0. The van der Waals surface area contributed by atoms with Gasteiger partial charge in [0.1, 0.15) is 0 Å². The van der Waals surface area contributed by atoms with Crippen LogP contribution in [-0.4, -0.2) is 0 Å². The van der Waals surface area contributed by atoms with Crippen molar-refractivity contribution in [3.8, 4) is 0 Å². The zero-order valence-electron chi connectivity index (χ0n) is 10.0. The second kappa shape index (κ2) is 3.16. The Hall–Kier alpha value is -1.18. The van der Waals surface area contributed by atoms with Crippen LogP contribution in [0.3, 0.4) is 0 Å². The molecule has 15 heavy (non-hydrogen) atoms. The topological polar surface area (TPSA) is 26.3 Å². The zero-order chi connectivity index (χ0) is 11.2. The molecule has 2 nitrogen and oxygen atoms in total. The largest absolute Gasteiger partial charge is 0.286 e. The molecule has 0 N–H and O–H groups in total. The molecule has 0 aliphatic rings. The number of rotatable bonds is 1. The maximum Gasteiger partial charge on any atom is 0.229 e. The number of fused-ring (bicyclic) bond motifs is 1. The maximum absolute atomic E-state index is 5.10. The highest BCUT2D eigenvalue weighted by molar-refractivity contribution is 5.77. The van der Waals surface area contributed by atoms with Crippen LogP contribution in [0.25, 0.3) is 11.2 Å². The van der Waals surface area contributed by atoms with Gasteiger partial charge in [-0.1, -0.05) is 40.7 Å². The van der Waals surface area contributed by atoms with Gasteiger partial charge in [0.05, 0.1) is 0 Å². The van der Waals surface area contributed by atoms with Crippen LogP contribution < -0.4 is 0 Å². The molecule has 2 rings (SSSR count). The summed E-state index contributed by atoms with van der Waals surface area (Å²) in [5, 5.41) is 0. The molecule has 0 unspecified atom stereocenters. The highest BCUT2D eigenvalue weighted by Gasteiger charge is 2.24. The summed E-state index contributed by atoms with van der Waals surface area (Å²) in [5.41, 5.74) is 4.57. The van der Waals surface area contributed by atoms with Gasteiger partial charge < -0.3 is 0 Å². The quantitative estimate of drug-likeness (QED) is 0.644. The van der Waals surface area contributed by atoms with Crippen LogP contribution >= 0.6 is 0 Å². The van der Waals surface area contributed by atoms with E-state index >= 15 is 0 Å². The molecular formula is C13H18O2. The van der Waals surface area contributed by atoms with E-state index in [0.717, 1.165) is 11.2 Å². The van der Waals surface area contributed by atoms with Crippen molar-refractivity contribution in [2.45, 2.75) is 46.0 Å². The molecule has 0 fully saturated rings. The summed E-state index contributed by atoms with van der Waals surface area (Å²) < 4.78 is 10.0. The van der Waals surface area contributed by atoms with Crippen molar-refractivity contribution < 1.29 is 9.15 Å². The van der Waals surface area contributed by atoms with Gasteiger partial charge in [0.15, 0.2) is 0 Å². The molecule has 1 aromatic carbocycles. The first-order valence-corrected chi connectivity index (χ1v) is 5.43. The van der Waals surface area contributed by atoms with Crippen molar-refractivity contribution in [2.75, 3.05) is 0 Å². The zero-order valence-corrected chi connectivity index (χ0v) is 10.0. The average Bonchev–Trinajstić information content (AvgIpc) is 2.03. The summed E-state index contributed by atoms with van der Waals surface area (Å²) in [7, 11) is 0. The molecule has 0 saturated heterocycles. The van der Waals surface area contributed by atoms with Crippen molar-refractivity contribution in [1.82, 2.24) is 0 Å². The van der Waals surface area contributed by atoms with Gasteiger partial charge in [-0.15, -0.1) is 0 Å². The number of hydrogen-bond acceptors (Lipinski definition) is 2. The first kappa shape index (κ1) is 10.3. The molecule has 0 aliphatic carbocycles. The molecule has 0 bridgehead atoms. The molecule has 1 heterocycles. The summed E-state index contributed by atoms with van der Waals surface area (Å²) in [5.74, 6) is 0.457. The molecule has 2 heteroatoms. The van der Waals surface area contributed by atoms with Gasteiger partial charge in [-0.3, -0.25) is 9.15 Å². The third-order valence-corrected chi connectivity index (χ3v) is 2.76. The molecule has 1 aromatic heterocycles. The predicted octanol–water partition coefficient (Wildman–Crippen LogP) is 4.45. The lowest BCUT2D eigenvalue weighted by atomic mass is 9.80. The Morgan fingerprint density at radius 1 is 1.07 bits per heavy atom. The van der Waals surface area contributed by atoms with Crippen LogP contribution in [0.4, 0.5) is 0 Å². The summed E-state index contributed by atoms with van der Waals surface area (Å²) in [4.78, 5) is 0. The van der Waals surface area contributed by atoms with Gasteiger partial charge in [0.25, 0.3) is 0 Å². The SMILES string of the molecule is CC(C)c1c(C(C)(C)C)ccc2ooc12. The normalized spacial score (nSPS) is 12.9. The first-order chi connectivity index (χ1) is 6.91. The van der Waals surface area contributed by atoms with Crippen molar-refractivity contribution in [3.63, 3.8) is 0 Å². The van der Waals surface area contributed by atoms with Gasteiger partial charge in [0, 0.05) is 5.56 Å².